The molecule has 24 heavy (non-hydrogen) atoms. The van der Waals surface area contributed by atoms with E-state index in [1.54, 1.807) is 11.2 Å². The second kappa shape index (κ2) is 5.40. The van der Waals surface area contributed by atoms with Crippen molar-refractivity contribution in [3.63, 3.8) is 0 Å². The minimum absolute atomic E-state index is 0.295. The third-order valence-corrected chi connectivity index (χ3v) is 4.34. The number of amides is 1. The largest absolute Gasteiger partial charge is 0.444 e. The number of carbonyl (C=O) groups excluding carboxylic acids is 1. The third kappa shape index (κ3) is 2.54. The predicted octanol–water partition coefficient (Wildman–Crippen LogP) is 1.12. The molecule has 0 atom stereocenters. The standard InChI is InChI=1S/C15H21N7O2/c1-14(2,3)24-13(23)21-6-4-15(5-7-21)10(8-16)11(17)19-12-20-18-9-22(12)15/h9H,4-7,17H2,1-3H3,(H,19,20). The Hall–Kier alpha value is -2.76. The summed E-state index contributed by atoms with van der Waals surface area (Å²) < 4.78 is 7.26. The molecule has 1 saturated heterocycles. The normalized spacial score (nSPS) is 19.5. The number of likely N-dealkylation sites (tertiary alicyclic amines) is 1. The fourth-order valence-electron chi connectivity index (χ4n) is 3.23. The highest BCUT2D eigenvalue weighted by atomic mass is 16.6. The van der Waals surface area contributed by atoms with Gasteiger partial charge in [0, 0.05) is 13.1 Å². The first kappa shape index (κ1) is 16.1. The van der Waals surface area contributed by atoms with Crippen LogP contribution in [0.2, 0.25) is 0 Å². The summed E-state index contributed by atoms with van der Waals surface area (Å²) >= 11 is 0. The Balaban J connectivity index is 1.85. The quantitative estimate of drug-likeness (QED) is 0.730. The second-order valence-electron chi connectivity index (χ2n) is 7.05. The summed E-state index contributed by atoms with van der Waals surface area (Å²) in [5, 5.41) is 20.4. The second-order valence-corrected chi connectivity index (χ2v) is 7.05. The van der Waals surface area contributed by atoms with E-state index in [9.17, 15) is 10.1 Å². The SMILES string of the molecule is CC(C)(C)OC(=O)N1CCC2(CC1)C(C#N)=C(N)Nc1nncn12. The summed E-state index contributed by atoms with van der Waals surface area (Å²) in [4.78, 5) is 13.9. The molecule has 2 aliphatic rings. The number of fused-ring (bicyclic) bond motifs is 2. The van der Waals surface area contributed by atoms with Gasteiger partial charge in [0.1, 0.15) is 23.8 Å². The highest BCUT2D eigenvalue weighted by molar-refractivity contribution is 5.68. The number of nitriles is 1. The summed E-state index contributed by atoms with van der Waals surface area (Å²) in [6, 6.07) is 2.21. The predicted molar refractivity (Wildman–Crippen MR) is 85.5 cm³/mol. The Bertz CT molecular complexity index is 730. The smallest absolute Gasteiger partial charge is 0.410 e. The number of carbonyl (C=O) groups is 1. The first-order valence-electron chi connectivity index (χ1n) is 7.83. The van der Waals surface area contributed by atoms with Crippen molar-refractivity contribution in [3.8, 4) is 6.07 Å². The van der Waals surface area contributed by atoms with Crippen LogP contribution in [0.1, 0.15) is 33.6 Å². The molecule has 1 amide bonds. The van der Waals surface area contributed by atoms with Gasteiger partial charge < -0.3 is 20.7 Å². The Labute approximate surface area is 140 Å². The zero-order chi connectivity index (χ0) is 17.5. The summed E-state index contributed by atoms with van der Waals surface area (Å²) in [6.45, 7) is 6.44. The van der Waals surface area contributed by atoms with Crippen molar-refractivity contribution in [2.75, 3.05) is 18.4 Å². The van der Waals surface area contributed by atoms with Crippen molar-refractivity contribution in [1.82, 2.24) is 19.7 Å². The van der Waals surface area contributed by atoms with Gasteiger partial charge in [0.05, 0.1) is 11.1 Å². The zero-order valence-electron chi connectivity index (χ0n) is 14.0. The number of anilines is 1. The van der Waals surface area contributed by atoms with E-state index in [1.807, 2.05) is 25.3 Å². The molecule has 0 aliphatic carbocycles. The number of nitrogens with one attached hydrogen (secondary N) is 1. The van der Waals surface area contributed by atoms with Gasteiger partial charge in [-0.05, 0) is 33.6 Å². The molecule has 3 rings (SSSR count). The number of nitrogens with zero attached hydrogens (tertiary/aromatic N) is 5. The van der Waals surface area contributed by atoms with Crippen molar-refractivity contribution < 1.29 is 9.53 Å². The van der Waals surface area contributed by atoms with Gasteiger partial charge in [0.15, 0.2) is 0 Å². The molecular weight excluding hydrogens is 310 g/mol. The third-order valence-electron chi connectivity index (χ3n) is 4.34. The molecule has 2 aliphatic heterocycles. The molecule has 1 fully saturated rings. The van der Waals surface area contributed by atoms with Crippen LogP contribution in [0.15, 0.2) is 17.7 Å². The highest BCUT2D eigenvalue weighted by Gasteiger charge is 2.46. The average Bonchev–Trinajstić information content (AvgIpc) is 2.95. The van der Waals surface area contributed by atoms with Crippen LogP contribution in [-0.4, -0.2) is 44.4 Å². The summed E-state index contributed by atoms with van der Waals surface area (Å²) in [5.41, 5.74) is 5.30. The number of hydrogen-bond acceptors (Lipinski definition) is 7. The Morgan fingerprint density at radius 2 is 2.12 bits per heavy atom. The maximum absolute atomic E-state index is 12.3. The van der Waals surface area contributed by atoms with Crippen LogP contribution in [0, 0.1) is 11.3 Å². The van der Waals surface area contributed by atoms with E-state index in [0.29, 0.717) is 43.3 Å². The van der Waals surface area contributed by atoms with E-state index in [2.05, 4.69) is 21.6 Å². The van der Waals surface area contributed by atoms with Gasteiger partial charge in [-0.15, -0.1) is 10.2 Å². The van der Waals surface area contributed by atoms with E-state index < -0.39 is 11.1 Å². The Morgan fingerprint density at radius 1 is 1.46 bits per heavy atom. The van der Waals surface area contributed by atoms with Crippen LogP contribution < -0.4 is 11.1 Å². The van der Waals surface area contributed by atoms with Gasteiger partial charge in [-0.1, -0.05) is 0 Å². The number of ether oxygens (including phenoxy) is 1. The molecule has 128 valence electrons. The first-order valence-corrected chi connectivity index (χ1v) is 7.83. The van der Waals surface area contributed by atoms with Crippen molar-refractivity contribution >= 4 is 12.0 Å². The van der Waals surface area contributed by atoms with E-state index in [-0.39, 0.29) is 6.09 Å². The molecule has 1 spiro atoms. The maximum Gasteiger partial charge on any atom is 0.410 e. The van der Waals surface area contributed by atoms with Gasteiger partial charge in [0.25, 0.3) is 0 Å². The van der Waals surface area contributed by atoms with Crippen LogP contribution in [0.3, 0.4) is 0 Å². The monoisotopic (exact) mass is 331 g/mol. The Morgan fingerprint density at radius 3 is 2.71 bits per heavy atom. The molecule has 0 aromatic carbocycles. The zero-order valence-corrected chi connectivity index (χ0v) is 14.0. The average molecular weight is 331 g/mol. The molecule has 1 aromatic rings. The highest BCUT2D eigenvalue weighted by Crippen LogP contribution is 2.42. The molecule has 0 bridgehead atoms. The van der Waals surface area contributed by atoms with Crippen molar-refractivity contribution in [2.45, 2.75) is 44.8 Å². The number of nitrogens with two attached hydrogens (primary N) is 1. The Kier molecular flexibility index (Phi) is 3.63. The minimum atomic E-state index is -0.624. The van der Waals surface area contributed by atoms with Crippen molar-refractivity contribution in [2.24, 2.45) is 5.73 Å². The lowest BCUT2D eigenvalue weighted by molar-refractivity contribution is 0.0145. The number of hydrogen-bond donors (Lipinski definition) is 2. The molecule has 3 heterocycles. The van der Waals surface area contributed by atoms with Gasteiger partial charge >= 0.3 is 6.09 Å². The summed E-state index contributed by atoms with van der Waals surface area (Å²) in [6.07, 6.45) is 2.34. The molecule has 1 aromatic heterocycles. The maximum atomic E-state index is 12.3. The lowest BCUT2D eigenvalue weighted by atomic mass is 9.79. The lowest BCUT2D eigenvalue weighted by Gasteiger charge is -2.44. The number of rotatable bonds is 0. The molecule has 3 N–H and O–H groups in total. The van der Waals surface area contributed by atoms with Crippen LogP contribution in [0.25, 0.3) is 0 Å². The van der Waals surface area contributed by atoms with E-state index in [1.165, 1.54) is 0 Å². The molecule has 9 nitrogen and oxygen atoms in total. The minimum Gasteiger partial charge on any atom is -0.444 e. The van der Waals surface area contributed by atoms with Crippen LogP contribution in [0.4, 0.5) is 10.7 Å². The molecule has 0 radical (unpaired) electrons. The summed E-state index contributed by atoms with van der Waals surface area (Å²) in [5.74, 6) is 0.806. The van der Waals surface area contributed by atoms with Crippen LogP contribution in [-0.2, 0) is 10.3 Å². The molecular formula is C15H21N7O2. The van der Waals surface area contributed by atoms with E-state index in [0.717, 1.165) is 0 Å². The molecule has 9 heteroatoms. The van der Waals surface area contributed by atoms with E-state index in [4.69, 9.17) is 10.5 Å². The summed E-state index contributed by atoms with van der Waals surface area (Å²) in [7, 11) is 0. The number of aromatic nitrogens is 3. The molecule has 0 saturated carbocycles. The van der Waals surface area contributed by atoms with Gasteiger partial charge in [-0.3, -0.25) is 4.57 Å². The molecule has 0 unspecified atom stereocenters. The fraction of sp³-hybridized carbons (Fsp3) is 0.600. The van der Waals surface area contributed by atoms with Crippen molar-refractivity contribution in [1.29, 1.82) is 5.26 Å². The van der Waals surface area contributed by atoms with Gasteiger partial charge in [-0.2, -0.15) is 5.26 Å². The van der Waals surface area contributed by atoms with Crippen molar-refractivity contribution in [3.05, 3.63) is 17.7 Å². The van der Waals surface area contributed by atoms with E-state index >= 15 is 0 Å². The number of allylic oxidation sites excluding steroid dienone is 1. The lowest BCUT2D eigenvalue weighted by Crippen LogP contribution is -2.52. The topological polar surface area (TPSA) is 122 Å². The van der Waals surface area contributed by atoms with Crippen LogP contribution >= 0.6 is 0 Å². The first-order chi connectivity index (χ1) is 11.3. The fourth-order valence-corrected chi connectivity index (χ4v) is 3.23. The number of piperidine rings is 1. The van der Waals surface area contributed by atoms with Gasteiger partial charge in [0.2, 0.25) is 5.95 Å². The van der Waals surface area contributed by atoms with Gasteiger partial charge in [-0.25, -0.2) is 4.79 Å². The van der Waals surface area contributed by atoms with Crippen LogP contribution in [0.5, 0.6) is 0 Å².